The number of rotatable bonds is 12. The summed E-state index contributed by atoms with van der Waals surface area (Å²) in [6.45, 7) is 2.05. The summed E-state index contributed by atoms with van der Waals surface area (Å²) in [4.78, 5) is 27.9. The molecule has 12 heteroatoms. The van der Waals surface area contributed by atoms with Gasteiger partial charge in [0.1, 0.15) is 12.9 Å². The second kappa shape index (κ2) is 15.5. The number of aromatic nitrogens is 3. The number of hydrogen-bond donors (Lipinski definition) is 4. The third-order valence-corrected chi connectivity index (χ3v) is 8.07. The van der Waals surface area contributed by atoms with Crippen LogP contribution in [-0.2, 0) is 32.2 Å². The van der Waals surface area contributed by atoms with Crippen molar-refractivity contribution in [3.05, 3.63) is 101 Å². The molecule has 1 aliphatic rings. The Balaban J connectivity index is 1.28. The third-order valence-electron chi connectivity index (χ3n) is 7.06. The van der Waals surface area contributed by atoms with Crippen LogP contribution in [0.25, 0.3) is 11.1 Å². The van der Waals surface area contributed by atoms with Crippen molar-refractivity contribution in [1.82, 2.24) is 25.8 Å². The number of esters is 1. The Bertz CT molecular complexity index is 1500. The van der Waals surface area contributed by atoms with E-state index in [0.29, 0.717) is 12.2 Å². The Hall–Kier alpha value is -4.23. The molecule has 0 spiro atoms. The average Bonchev–Trinajstić information content (AvgIpc) is 3.60. The molecule has 3 unspecified atom stereocenters. The van der Waals surface area contributed by atoms with Gasteiger partial charge >= 0.3 is 12.0 Å². The lowest BCUT2D eigenvalue weighted by Gasteiger charge is -2.36. The minimum atomic E-state index is -0.583. The van der Waals surface area contributed by atoms with E-state index in [4.69, 9.17) is 14.2 Å². The molecule has 2 amide bonds. The van der Waals surface area contributed by atoms with Crippen molar-refractivity contribution in [2.45, 2.75) is 50.2 Å². The molecule has 3 atom stereocenters. The number of amides is 2. The number of carbonyl (C=O) groups excluding carboxylic acids is 2. The molecule has 0 radical (unpaired) electrons. The summed E-state index contributed by atoms with van der Waals surface area (Å²) < 4.78 is 17.7. The van der Waals surface area contributed by atoms with Crippen LogP contribution < -0.4 is 10.6 Å². The molecule has 230 valence electrons. The number of nitrogens with one attached hydrogen (secondary N) is 3. The molecule has 0 aliphatic carbocycles. The lowest BCUT2D eigenvalue weighted by atomic mass is 9.98. The van der Waals surface area contributed by atoms with E-state index in [1.54, 1.807) is 18.7 Å². The summed E-state index contributed by atoms with van der Waals surface area (Å²) in [5.41, 5.74) is 5.62. The van der Waals surface area contributed by atoms with Gasteiger partial charge in [0.15, 0.2) is 11.4 Å². The topological polar surface area (TPSA) is 148 Å². The molecule has 2 heterocycles. The molecule has 5 rings (SSSR count). The molecular weight excluding hydrogens is 582 g/mol. The first-order valence-corrected chi connectivity index (χ1v) is 15.3. The first kappa shape index (κ1) is 31.2. The number of aromatic amines is 1. The molecule has 4 aromatic rings. The van der Waals surface area contributed by atoms with Crippen molar-refractivity contribution in [1.29, 1.82) is 0 Å². The van der Waals surface area contributed by atoms with E-state index in [2.05, 4.69) is 25.8 Å². The highest BCUT2D eigenvalue weighted by Crippen LogP contribution is 2.39. The molecule has 1 fully saturated rings. The predicted molar refractivity (Wildman–Crippen MR) is 164 cm³/mol. The van der Waals surface area contributed by atoms with Crippen LogP contribution in [0, 0.1) is 0 Å². The average molecular weight is 618 g/mol. The maximum atomic E-state index is 12.2. The minimum Gasteiger partial charge on any atom is -0.465 e. The van der Waals surface area contributed by atoms with Crippen molar-refractivity contribution >= 4 is 23.8 Å². The normalized spacial score (nSPS) is 18.0. The summed E-state index contributed by atoms with van der Waals surface area (Å²) in [6.07, 6.45) is 1.27. The second-order valence-electron chi connectivity index (χ2n) is 10.1. The number of carbonyl (C=O) groups is 2. The number of benzene rings is 3. The fraction of sp³-hybridized carbons (Fsp3) is 0.312. The molecule has 0 saturated carbocycles. The standard InChI is InChI=1S/C32H35N5O6S/c1-2-41-29(39)17-34-31(40)33-16-25-5-3-4-6-27(25)22-11-13-24(14-12-22)30-42-26(19-44-32-35-20-36-37-32)15-28(43-30)23-9-7-21(18-38)8-10-23/h3-14,20,26,28,30,38H,2,15-19H2,1H3,(H2,33,34,40)(H,35,36,37). The first-order valence-electron chi connectivity index (χ1n) is 14.4. The highest BCUT2D eigenvalue weighted by atomic mass is 32.2. The van der Waals surface area contributed by atoms with E-state index in [9.17, 15) is 14.7 Å². The molecule has 0 bridgehead atoms. The summed E-state index contributed by atoms with van der Waals surface area (Å²) in [6, 6.07) is 23.2. The monoisotopic (exact) mass is 617 g/mol. The van der Waals surface area contributed by atoms with Gasteiger partial charge < -0.3 is 30.0 Å². The van der Waals surface area contributed by atoms with Gasteiger partial charge in [-0.3, -0.25) is 9.89 Å². The van der Waals surface area contributed by atoms with Crippen LogP contribution >= 0.6 is 11.8 Å². The fourth-order valence-corrected chi connectivity index (χ4v) is 5.63. The van der Waals surface area contributed by atoms with Gasteiger partial charge in [0.25, 0.3) is 0 Å². The van der Waals surface area contributed by atoms with E-state index in [0.717, 1.165) is 38.5 Å². The lowest BCUT2D eigenvalue weighted by Crippen LogP contribution is -2.38. The number of thioether (sulfide) groups is 1. The smallest absolute Gasteiger partial charge is 0.325 e. The quantitative estimate of drug-likeness (QED) is 0.132. The van der Waals surface area contributed by atoms with Gasteiger partial charge in [0, 0.05) is 24.3 Å². The van der Waals surface area contributed by atoms with E-state index in [1.165, 1.54) is 6.33 Å². The van der Waals surface area contributed by atoms with Crippen LogP contribution in [0.4, 0.5) is 4.79 Å². The summed E-state index contributed by atoms with van der Waals surface area (Å²) in [5, 5.41) is 22.3. The zero-order chi connectivity index (χ0) is 30.7. The predicted octanol–water partition coefficient (Wildman–Crippen LogP) is 4.66. The van der Waals surface area contributed by atoms with Crippen LogP contribution in [0.15, 0.2) is 84.3 Å². The van der Waals surface area contributed by atoms with E-state index < -0.39 is 18.3 Å². The van der Waals surface area contributed by atoms with Crippen LogP contribution in [0.3, 0.4) is 0 Å². The summed E-state index contributed by atoms with van der Waals surface area (Å²) in [5.74, 6) is 0.187. The molecule has 4 N–H and O–H groups in total. The Morgan fingerprint density at radius 2 is 1.80 bits per heavy atom. The Morgan fingerprint density at radius 3 is 2.52 bits per heavy atom. The van der Waals surface area contributed by atoms with Crippen LogP contribution in [0.5, 0.6) is 0 Å². The molecule has 3 aromatic carbocycles. The van der Waals surface area contributed by atoms with Gasteiger partial charge in [-0.15, -0.1) is 0 Å². The Kier molecular flexibility index (Phi) is 11.0. The molecule has 44 heavy (non-hydrogen) atoms. The zero-order valence-corrected chi connectivity index (χ0v) is 25.1. The number of aliphatic hydroxyl groups excluding tert-OH is 1. The molecular formula is C32H35N5O6S. The molecule has 1 aliphatic heterocycles. The number of aliphatic hydroxyl groups is 1. The Morgan fingerprint density at radius 1 is 1.02 bits per heavy atom. The SMILES string of the molecule is CCOC(=O)CNC(=O)NCc1ccccc1-c1ccc(C2OC(CSc3ncn[nH]3)CC(c3ccc(CO)cc3)O2)cc1. The number of urea groups is 1. The lowest BCUT2D eigenvalue weighted by molar-refractivity contribution is -0.245. The van der Waals surface area contributed by atoms with Crippen molar-refractivity contribution in [2.24, 2.45) is 0 Å². The van der Waals surface area contributed by atoms with Gasteiger partial charge in [-0.2, -0.15) is 5.10 Å². The number of ether oxygens (including phenoxy) is 3. The Labute approximate surface area is 259 Å². The number of hydrogen-bond acceptors (Lipinski definition) is 9. The third kappa shape index (κ3) is 8.44. The van der Waals surface area contributed by atoms with Gasteiger partial charge in [-0.25, -0.2) is 9.78 Å². The van der Waals surface area contributed by atoms with Gasteiger partial charge in [0.05, 0.1) is 25.4 Å². The van der Waals surface area contributed by atoms with Crippen molar-refractivity contribution < 1.29 is 28.9 Å². The van der Waals surface area contributed by atoms with Crippen molar-refractivity contribution in [2.75, 3.05) is 18.9 Å². The molecule has 1 aromatic heterocycles. The van der Waals surface area contributed by atoms with Gasteiger partial charge in [0.2, 0.25) is 0 Å². The van der Waals surface area contributed by atoms with Crippen LogP contribution in [0.1, 0.15) is 48.0 Å². The second-order valence-corrected chi connectivity index (χ2v) is 11.1. The van der Waals surface area contributed by atoms with Gasteiger partial charge in [-0.05, 0) is 34.7 Å². The van der Waals surface area contributed by atoms with E-state index in [1.807, 2.05) is 72.8 Å². The number of H-pyrrole nitrogens is 1. The van der Waals surface area contributed by atoms with Crippen molar-refractivity contribution in [3.8, 4) is 11.1 Å². The summed E-state index contributed by atoms with van der Waals surface area (Å²) >= 11 is 1.55. The molecule has 11 nitrogen and oxygen atoms in total. The minimum absolute atomic E-state index is 0.0117. The van der Waals surface area contributed by atoms with Crippen LogP contribution in [0.2, 0.25) is 0 Å². The van der Waals surface area contributed by atoms with Crippen molar-refractivity contribution in [3.63, 3.8) is 0 Å². The largest absolute Gasteiger partial charge is 0.465 e. The first-order chi connectivity index (χ1) is 21.5. The highest BCUT2D eigenvalue weighted by Gasteiger charge is 2.32. The van der Waals surface area contributed by atoms with Crippen LogP contribution in [-0.4, -0.2) is 57.3 Å². The van der Waals surface area contributed by atoms with Gasteiger partial charge in [-0.1, -0.05) is 84.6 Å². The highest BCUT2D eigenvalue weighted by molar-refractivity contribution is 7.99. The van der Waals surface area contributed by atoms with E-state index in [-0.39, 0.29) is 38.5 Å². The number of nitrogens with zero attached hydrogens (tertiary/aromatic N) is 2. The maximum Gasteiger partial charge on any atom is 0.325 e. The maximum absolute atomic E-state index is 12.2. The zero-order valence-electron chi connectivity index (χ0n) is 24.3. The summed E-state index contributed by atoms with van der Waals surface area (Å²) in [7, 11) is 0. The van der Waals surface area contributed by atoms with E-state index >= 15 is 0 Å². The molecule has 1 saturated heterocycles. The fourth-order valence-electron chi connectivity index (χ4n) is 4.84.